The predicted octanol–water partition coefficient (Wildman–Crippen LogP) is 3.05. The first-order chi connectivity index (χ1) is 10.5. The van der Waals surface area contributed by atoms with E-state index in [9.17, 15) is 9.18 Å². The Hall–Kier alpha value is -1.86. The van der Waals surface area contributed by atoms with Gasteiger partial charge in [-0.25, -0.2) is 9.97 Å². The van der Waals surface area contributed by atoms with Gasteiger partial charge in [-0.1, -0.05) is 0 Å². The van der Waals surface area contributed by atoms with Crippen LogP contribution in [0.3, 0.4) is 0 Å². The van der Waals surface area contributed by atoms with Crippen molar-refractivity contribution in [2.75, 3.05) is 13.7 Å². The van der Waals surface area contributed by atoms with Gasteiger partial charge < -0.3 is 9.64 Å². The molecule has 22 heavy (non-hydrogen) atoms. The summed E-state index contributed by atoms with van der Waals surface area (Å²) in [6.45, 7) is 4.90. The van der Waals surface area contributed by atoms with Gasteiger partial charge in [0.2, 0.25) is 5.95 Å². The van der Waals surface area contributed by atoms with Gasteiger partial charge in [-0.2, -0.15) is 4.39 Å². The zero-order valence-electron chi connectivity index (χ0n) is 12.7. The maximum Gasteiger partial charge on any atom is 0.255 e. The van der Waals surface area contributed by atoms with Crippen LogP contribution in [0.15, 0.2) is 23.7 Å². The maximum absolute atomic E-state index is 12.8. The number of carbonyl (C=O) groups excluding carboxylic acids is 1. The minimum atomic E-state index is -0.603. The fourth-order valence-corrected chi connectivity index (χ4v) is 2.75. The quantitative estimate of drug-likeness (QED) is 0.767. The first-order valence-electron chi connectivity index (χ1n) is 6.94. The molecule has 0 spiro atoms. The molecule has 2 rings (SSSR count). The molecule has 7 heteroatoms. The summed E-state index contributed by atoms with van der Waals surface area (Å²) < 4.78 is 18.3. The van der Waals surface area contributed by atoms with Crippen LogP contribution in [0.25, 0.3) is 0 Å². The molecular weight excluding hydrogens is 305 g/mol. The number of carbonyl (C=O) groups is 1. The van der Waals surface area contributed by atoms with Crippen LogP contribution in [-0.2, 0) is 11.3 Å². The van der Waals surface area contributed by atoms with Crippen LogP contribution in [0.5, 0.6) is 0 Å². The minimum Gasteiger partial charge on any atom is -0.372 e. The van der Waals surface area contributed by atoms with Crippen LogP contribution in [0, 0.1) is 5.95 Å². The number of hydrogen-bond donors (Lipinski definition) is 0. The lowest BCUT2D eigenvalue weighted by Crippen LogP contribution is -2.26. The van der Waals surface area contributed by atoms with Crippen molar-refractivity contribution in [2.45, 2.75) is 26.5 Å². The number of hydrogen-bond acceptors (Lipinski definition) is 5. The fourth-order valence-electron chi connectivity index (χ4n) is 1.94. The van der Waals surface area contributed by atoms with Crippen molar-refractivity contribution in [3.8, 4) is 0 Å². The van der Waals surface area contributed by atoms with E-state index in [4.69, 9.17) is 4.74 Å². The van der Waals surface area contributed by atoms with Gasteiger partial charge in [0, 0.05) is 25.2 Å². The highest BCUT2D eigenvalue weighted by Crippen LogP contribution is 2.21. The molecule has 1 atom stereocenters. The van der Waals surface area contributed by atoms with E-state index in [1.807, 2.05) is 19.2 Å². The Morgan fingerprint density at radius 2 is 2.27 bits per heavy atom. The van der Waals surface area contributed by atoms with Crippen molar-refractivity contribution < 1.29 is 13.9 Å². The second kappa shape index (κ2) is 7.42. The van der Waals surface area contributed by atoms with E-state index in [-0.39, 0.29) is 12.0 Å². The molecule has 5 nitrogen and oxygen atoms in total. The van der Waals surface area contributed by atoms with Crippen molar-refractivity contribution in [2.24, 2.45) is 0 Å². The van der Waals surface area contributed by atoms with Crippen molar-refractivity contribution in [3.05, 3.63) is 45.9 Å². The van der Waals surface area contributed by atoms with E-state index in [0.717, 1.165) is 10.7 Å². The topological polar surface area (TPSA) is 55.3 Å². The molecule has 0 saturated heterocycles. The average Bonchev–Trinajstić information content (AvgIpc) is 2.96. The van der Waals surface area contributed by atoms with Crippen LogP contribution < -0.4 is 0 Å². The summed E-state index contributed by atoms with van der Waals surface area (Å²) in [5, 5.41) is 2.80. The number of rotatable bonds is 6. The number of pyridine rings is 1. The van der Waals surface area contributed by atoms with Crippen LogP contribution in [-0.4, -0.2) is 34.4 Å². The third-order valence-electron chi connectivity index (χ3n) is 3.05. The SMILES string of the molecule is CCOC(C)c1nc(CN(C)C(=O)c2ccc(F)nc2)cs1. The molecule has 0 radical (unpaired) electrons. The Kier molecular flexibility index (Phi) is 5.57. The highest BCUT2D eigenvalue weighted by Gasteiger charge is 2.16. The van der Waals surface area contributed by atoms with Gasteiger partial charge in [0.05, 0.1) is 17.8 Å². The summed E-state index contributed by atoms with van der Waals surface area (Å²) in [5.74, 6) is -0.826. The molecule has 2 aromatic rings. The molecule has 0 fully saturated rings. The zero-order chi connectivity index (χ0) is 16.1. The van der Waals surface area contributed by atoms with E-state index in [1.165, 1.54) is 34.6 Å². The summed E-state index contributed by atoms with van der Waals surface area (Å²) in [4.78, 5) is 21.7. The minimum absolute atomic E-state index is 0.0499. The summed E-state index contributed by atoms with van der Waals surface area (Å²) >= 11 is 1.51. The van der Waals surface area contributed by atoms with Crippen LogP contribution >= 0.6 is 11.3 Å². The van der Waals surface area contributed by atoms with Crippen LogP contribution in [0.4, 0.5) is 4.39 Å². The largest absolute Gasteiger partial charge is 0.372 e. The Balaban J connectivity index is 2.01. The third kappa shape index (κ3) is 4.08. The molecule has 0 aliphatic rings. The molecular formula is C15H18FN3O2S. The summed E-state index contributed by atoms with van der Waals surface area (Å²) in [7, 11) is 1.68. The molecule has 2 aromatic heterocycles. The molecule has 0 saturated carbocycles. The molecule has 0 bridgehead atoms. The average molecular weight is 323 g/mol. The lowest BCUT2D eigenvalue weighted by atomic mass is 10.2. The first-order valence-corrected chi connectivity index (χ1v) is 7.82. The predicted molar refractivity (Wildman–Crippen MR) is 82.1 cm³/mol. The van der Waals surface area contributed by atoms with Crippen LogP contribution in [0.1, 0.15) is 41.0 Å². The van der Waals surface area contributed by atoms with Crippen LogP contribution in [0.2, 0.25) is 0 Å². The highest BCUT2D eigenvalue weighted by atomic mass is 32.1. The molecule has 2 heterocycles. The van der Waals surface area contributed by atoms with Crippen molar-refractivity contribution in [1.82, 2.24) is 14.9 Å². The monoisotopic (exact) mass is 323 g/mol. The first kappa shape index (κ1) is 16.5. The normalized spacial score (nSPS) is 12.2. The molecule has 0 aliphatic carbocycles. The Bertz CT molecular complexity index is 630. The number of thiazole rings is 1. The van der Waals surface area contributed by atoms with Gasteiger partial charge >= 0.3 is 0 Å². The number of halogens is 1. The van der Waals surface area contributed by atoms with Gasteiger partial charge in [0.25, 0.3) is 5.91 Å². The molecule has 118 valence electrons. The summed E-state index contributed by atoms with van der Waals surface area (Å²) in [5.41, 5.74) is 1.15. The Morgan fingerprint density at radius 1 is 1.50 bits per heavy atom. The van der Waals surface area contributed by atoms with Gasteiger partial charge in [-0.05, 0) is 26.0 Å². The molecule has 0 N–H and O–H groups in total. The second-order valence-electron chi connectivity index (χ2n) is 4.81. The van der Waals surface area contributed by atoms with Gasteiger partial charge in [0.1, 0.15) is 11.1 Å². The summed E-state index contributed by atoms with van der Waals surface area (Å²) in [6, 6.07) is 2.59. The van der Waals surface area contributed by atoms with Crippen molar-refractivity contribution in [1.29, 1.82) is 0 Å². The van der Waals surface area contributed by atoms with Gasteiger partial charge in [-0.3, -0.25) is 4.79 Å². The third-order valence-corrected chi connectivity index (χ3v) is 4.11. The summed E-state index contributed by atoms with van der Waals surface area (Å²) in [6.07, 6.45) is 1.18. The van der Waals surface area contributed by atoms with Crippen molar-refractivity contribution in [3.63, 3.8) is 0 Å². The molecule has 1 amide bonds. The highest BCUT2D eigenvalue weighted by molar-refractivity contribution is 7.09. The Labute approximate surface area is 132 Å². The van der Waals surface area contributed by atoms with Crippen molar-refractivity contribution >= 4 is 17.2 Å². The van der Waals surface area contributed by atoms with Gasteiger partial charge in [-0.15, -0.1) is 11.3 Å². The Morgan fingerprint density at radius 3 is 2.91 bits per heavy atom. The van der Waals surface area contributed by atoms with E-state index >= 15 is 0 Å². The number of amides is 1. The standard InChI is InChI=1S/C15H18FN3O2S/c1-4-21-10(2)14-18-12(9-22-14)8-19(3)15(20)11-5-6-13(16)17-7-11/h5-7,9-10H,4,8H2,1-3H3. The van der Waals surface area contributed by atoms with E-state index < -0.39 is 5.95 Å². The van der Waals surface area contributed by atoms with E-state index in [1.54, 1.807) is 7.05 Å². The molecule has 0 aliphatic heterocycles. The van der Waals surface area contributed by atoms with E-state index in [2.05, 4.69) is 9.97 Å². The lowest BCUT2D eigenvalue weighted by molar-refractivity contribution is 0.0756. The second-order valence-corrected chi connectivity index (χ2v) is 5.70. The lowest BCUT2D eigenvalue weighted by Gasteiger charge is -2.15. The van der Waals surface area contributed by atoms with Gasteiger partial charge in [0.15, 0.2) is 0 Å². The number of nitrogens with zero attached hydrogens (tertiary/aromatic N) is 3. The number of aromatic nitrogens is 2. The molecule has 1 unspecified atom stereocenters. The maximum atomic E-state index is 12.8. The molecule has 0 aromatic carbocycles. The zero-order valence-corrected chi connectivity index (χ0v) is 13.6. The number of ether oxygens (including phenoxy) is 1. The van der Waals surface area contributed by atoms with E-state index in [0.29, 0.717) is 18.7 Å². The smallest absolute Gasteiger partial charge is 0.255 e. The fraction of sp³-hybridized carbons (Fsp3) is 0.400.